The first-order chi connectivity index (χ1) is 8.16. The third-order valence-corrected chi connectivity index (χ3v) is 3.01. The van der Waals surface area contributed by atoms with Crippen molar-refractivity contribution >= 4 is 11.6 Å². The van der Waals surface area contributed by atoms with Gasteiger partial charge < -0.3 is 9.88 Å². The van der Waals surface area contributed by atoms with Crippen molar-refractivity contribution in [3.05, 3.63) is 35.6 Å². The van der Waals surface area contributed by atoms with Crippen molar-refractivity contribution in [2.24, 2.45) is 7.05 Å². The van der Waals surface area contributed by atoms with Crippen LogP contribution in [-0.4, -0.2) is 25.4 Å². The van der Waals surface area contributed by atoms with Gasteiger partial charge in [-0.1, -0.05) is 11.6 Å². The first-order valence-corrected chi connectivity index (χ1v) is 5.91. The molecule has 0 spiro atoms. The standard InChI is InChI=1S/C11H16ClN5/c1-9(8-17-5-3-4-15-17)13-7-11-14-6-10(12)16(11)2/h3-6,9,13H,7-8H2,1-2H3/t9-/m1/s1. The van der Waals surface area contributed by atoms with Crippen LogP contribution >= 0.6 is 11.6 Å². The lowest BCUT2D eigenvalue weighted by Gasteiger charge is -2.13. The average molecular weight is 254 g/mol. The molecule has 0 unspecified atom stereocenters. The second-order valence-electron chi connectivity index (χ2n) is 4.07. The van der Waals surface area contributed by atoms with Gasteiger partial charge in [0.15, 0.2) is 0 Å². The van der Waals surface area contributed by atoms with E-state index in [2.05, 4.69) is 22.3 Å². The molecule has 0 aromatic carbocycles. The van der Waals surface area contributed by atoms with Gasteiger partial charge in [-0.25, -0.2) is 4.98 Å². The molecule has 0 fully saturated rings. The van der Waals surface area contributed by atoms with E-state index in [1.54, 1.807) is 12.4 Å². The smallest absolute Gasteiger partial charge is 0.128 e. The predicted molar refractivity (Wildman–Crippen MR) is 66.7 cm³/mol. The Balaban J connectivity index is 1.84. The first-order valence-electron chi connectivity index (χ1n) is 5.53. The molecule has 2 aromatic heterocycles. The van der Waals surface area contributed by atoms with Gasteiger partial charge in [0, 0.05) is 25.5 Å². The molecule has 5 nitrogen and oxygen atoms in total. The molecule has 2 rings (SSSR count). The largest absolute Gasteiger partial charge is 0.321 e. The molecule has 2 heterocycles. The van der Waals surface area contributed by atoms with E-state index in [1.165, 1.54) is 0 Å². The van der Waals surface area contributed by atoms with E-state index in [0.717, 1.165) is 12.4 Å². The molecule has 0 saturated carbocycles. The molecular formula is C11H16ClN5. The number of rotatable bonds is 5. The van der Waals surface area contributed by atoms with E-state index in [9.17, 15) is 0 Å². The van der Waals surface area contributed by atoms with E-state index in [0.29, 0.717) is 17.7 Å². The molecule has 1 N–H and O–H groups in total. The van der Waals surface area contributed by atoms with E-state index < -0.39 is 0 Å². The van der Waals surface area contributed by atoms with Crippen LogP contribution in [0.1, 0.15) is 12.7 Å². The maximum atomic E-state index is 5.92. The fraction of sp³-hybridized carbons (Fsp3) is 0.455. The Morgan fingerprint density at radius 3 is 2.94 bits per heavy atom. The summed E-state index contributed by atoms with van der Waals surface area (Å²) >= 11 is 5.92. The molecule has 0 radical (unpaired) electrons. The van der Waals surface area contributed by atoms with Crippen molar-refractivity contribution in [2.45, 2.75) is 26.1 Å². The minimum atomic E-state index is 0.324. The summed E-state index contributed by atoms with van der Waals surface area (Å²) in [6, 6.07) is 2.25. The van der Waals surface area contributed by atoms with Crippen molar-refractivity contribution in [3.63, 3.8) is 0 Å². The molecule has 2 aromatic rings. The third kappa shape index (κ3) is 3.08. The normalized spacial score (nSPS) is 12.9. The molecule has 92 valence electrons. The van der Waals surface area contributed by atoms with Gasteiger partial charge in [0.1, 0.15) is 11.0 Å². The Bertz CT molecular complexity index is 462. The molecule has 1 atom stereocenters. The zero-order valence-corrected chi connectivity index (χ0v) is 10.7. The van der Waals surface area contributed by atoms with Gasteiger partial charge in [-0.3, -0.25) is 4.68 Å². The molecule has 6 heteroatoms. The van der Waals surface area contributed by atoms with Crippen LogP contribution in [0.15, 0.2) is 24.7 Å². The van der Waals surface area contributed by atoms with Gasteiger partial charge in [-0.05, 0) is 13.0 Å². The summed E-state index contributed by atoms with van der Waals surface area (Å²) in [7, 11) is 1.91. The highest BCUT2D eigenvalue weighted by Gasteiger charge is 2.07. The highest BCUT2D eigenvalue weighted by atomic mass is 35.5. The highest BCUT2D eigenvalue weighted by molar-refractivity contribution is 6.29. The molecule has 0 amide bonds. The average Bonchev–Trinajstić information content (AvgIpc) is 2.90. The van der Waals surface area contributed by atoms with Gasteiger partial charge in [-0.2, -0.15) is 5.10 Å². The third-order valence-electron chi connectivity index (χ3n) is 2.66. The minimum absolute atomic E-state index is 0.324. The number of hydrogen-bond donors (Lipinski definition) is 1. The van der Waals surface area contributed by atoms with Crippen LogP contribution in [0.4, 0.5) is 0 Å². The number of halogens is 1. The van der Waals surface area contributed by atoms with Crippen LogP contribution in [0.25, 0.3) is 0 Å². The van der Waals surface area contributed by atoms with Crippen molar-refractivity contribution < 1.29 is 0 Å². The molecule has 17 heavy (non-hydrogen) atoms. The quantitative estimate of drug-likeness (QED) is 0.877. The summed E-state index contributed by atoms with van der Waals surface area (Å²) < 4.78 is 3.78. The van der Waals surface area contributed by atoms with Crippen molar-refractivity contribution in [3.8, 4) is 0 Å². The van der Waals surface area contributed by atoms with Gasteiger partial charge in [-0.15, -0.1) is 0 Å². The highest BCUT2D eigenvalue weighted by Crippen LogP contribution is 2.08. The van der Waals surface area contributed by atoms with E-state index in [-0.39, 0.29) is 0 Å². The number of hydrogen-bond acceptors (Lipinski definition) is 3. The Hall–Kier alpha value is -1.33. The van der Waals surface area contributed by atoms with E-state index >= 15 is 0 Å². The summed E-state index contributed by atoms with van der Waals surface area (Å²) in [5.74, 6) is 0.933. The number of imidazole rings is 1. The number of aromatic nitrogens is 4. The minimum Gasteiger partial charge on any atom is -0.321 e. The second-order valence-corrected chi connectivity index (χ2v) is 4.45. The van der Waals surface area contributed by atoms with Gasteiger partial charge in [0.2, 0.25) is 0 Å². The van der Waals surface area contributed by atoms with Crippen molar-refractivity contribution in [1.82, 2.24) is 24.6 Å². The van der Waals surface area contributed by atoms with Crippen LogP contribution in [0, 0.1) is 0 Å². The Kier molecular flexibility index (Phi) is 3.81. The Labute approximate surface area is 105 Å². The SMILES string of the molecule is C[C@H](Cn1cccn1)NCc1ncc(Cl)n1C. The summed E-state index contributed by atoms with van der Waals surface area (Å²) in [5.41, 5.74) is 0. The van der Waals surface area contributed by atoms with Crippen LogP contribution in [0.3, 0.4) is 0 Å². The maximum absolute atomic E-state index is 5.92. The molecule has 0 bridgehead atoms. The number of nitrogens with one attached hydrogen (secondary N) is 1. The fourth-order valence-corrected chi connectivity index (χ4v) is 1.75. The predicted octanol–water partition coefficient (Wildman–Crippen LogP) is 1.45. The van der Waals surface area contributed by atoms with Crippen LogP contribution < -0.4 is 5.32 Å². The van der Waals surface area contributed by atoms with Gasteiger partial charge in [0.25, 0.3) is 0 Å². The molecule has 0 aliphatic carbocycles. The van der Waals surface area contributed by atoms with Crippen LogP contribution in [0.5, 0.6) is 0 Å². The fourth-order valence-electron chi connectivity index (χ4n) is 1.61. The second kappa shape index (κ2) is 5.33. The Morgan fingerprint density at radius 2 is 2.35 bits per heavy atom. The molecular weight excluding hydrogens is 238 g/mol. The molecule has 0 aliphatic heterocycles. The van der Waals surface area contributed by atoms with Crippen molar-refractivity contribution in [2.75, 3.05) is 0 Å². The zero-order chi connectivity index (χ0) is 12.3. The molecule has 0 saturated heterocycles. The monoisotopic (exact) mass is 253 g/mol. The topological polar surface area (TPSA) is 47.7 Å². The lowest BCUT2D eigenvalue weighted by Crippen LogP contribution is -2.31. The lowest BCUT2D eigenvalue weighted by atomic mass is 10.3. The van der Waals surface area contributed by atoms with E-state index in [4.69, 9.17) is 11.6 Å². The first kappa shape index (κ1) is 12.1. The molecule has 0 aliphatic rings. The zero-order valence-electron chi connectivity index (χ0n) is 9.97. The van der Waals surface area contributed by atoms with Gasteiger partial charge >= 0.3 is 0 Å². The van der Waals surface area contributed by atoms with E-state index in [1.807, 2.05) is 28.6 Å². The number of nitrogens with zero attached hydrogens (tertiary/aromatic N) is 4. The van der Waals surface area contributed by atoms with Crippen molar-refractivity contribution in [1.29, 1.82) is 0 Å². The van der Waals surface area contributed by atoms with Crippen LogP contribution in [0.2, 0.25) is 5.15 Å². The summed E-state index contributed by atoms with van der Waals surface area (Å²) in [5, 5.41) is 8.21. The Morgan fingerprint density at radius 1 is 1.53 bits per heavy atom. The maximum Gasteiger partial charge on any atom is 0.128 e. The van der Waals surface area contributed by atoms with Crippen LogP contribution in [-0.2, 0) is 20.1 Å². The lowest BCUT2D eigenvalue weighted by molar-refractivity contribution is 0.443. The summed E-state index contributed by atoms with van der Waals surface area (Å²) in [6.45, 7) is 3.66. The van der Waals surface area contributed by atoms with Gasteiger partial charge in [0.05, 0.1) is 19.3 Å². The summed E-state index contributed by atoms with van der Waals surface area (Å²) in [6.07, 6.45) is 5.40. The summed E-state index contributed by atoms with van der Waals surface area (Å²) in [4.78, 5) is 4.23.